The first-order valence-electron chi connectivity index (χ1n) is 5.52. The van der Waals surface area contributed by atoms with Gasteiger partial charge >= 0.3 is 12.1 Å². The van der Waals surface area contributed by atoms with Crippen LogP contribution in [0.1, 0.15) is 13.8 Å². The maximum atomic E-state index is 12.4. The van der Waals surface area contributed by atoms with E-state index >= 15 is 0 Å². The van der Waals surface area contributed by atoms with Crippen LogP contribution in [0.25, 0.3) is 0 Å². The Morgan fingerprint density at radius 3 is 2.11 bits per heavy atom. The summed E-state index contributed by atoms with van der Waals surface area (Å²) in [5, 5.41) is 2.48. The van der Waals surface area contributed by atoms with Crippen LogP contribution in [-0.2, 0) is 9.59 Å². The van der Waals surface area contributed by atoms with E-state index in [0.29, 0.717) is 10.6 Å². The molecule has 0 atom stereocenters. The number of anilines is 2. The second-order valence-electron chi connectivity index (χ2n) is 3.78. The second-order valence-corrected chi connectivity index (χ2v) is 3.78. The van der Waals surface area contributed by atoms with Gasteiger partial charge in [0.1, 0.15) is 0 Å². The molecule has 0 saturated heterocycles. The Balaban J connectivity index is 2.94. The quantitative estimate of drug-likeness (QED) is 0.920. The molecule has 104 valence electrons. The lowest BCUT2D eigenvalue weighted by Crippen LogP contribution is -2.41. The van der Waals surface area contributed by atoms with Crippen molar-refractivity contribution in [2.75, 3.05) is 16.8 Å². The van der Waals surface area contributed by atoms with Gasteiger partial charge in [-0.05, 0) is 31.2 Å². The molecule has 4 nitrogen and oxygen atoms in total. The Morgan fingerprint density at radius 1 is 1.21 bits per heavy atom. The minimum absolute atomic E-state index is 0.0994. The van der Waals surface area contributed by atoms with Crippen molar-refractivity contribution in [1.29, 1.82) is 0 Å². The van der Waals surface area contributed by atoms with Crippen LogP contribution >= 0.6 is 0 Å². The number of benzene rings is 1. The molecule has 19 heavy (non-hydrogen) atoms. The van der Waals surface area contributed by atoms with E-state index in [4.69, 9.17) is 0 Å². The van der Waals surface area contributed by atoms with Crippen molar-refractivity contribution in [3.05, 3.63) is 24.3 Å². The Morgan fingerprint density at radius 2 is 1.74 bits per heavy atom. The predicted molar refractivity (Wildman–Crippen MR) is 64.8 cm³/mol. The van der Waals surface area contributed by atoms with Gasteiger partial charge in [0.2, 0.25) is 5.91 Å². The van der Waals surface area contributed by atoms with Gasteiger partial charge in [-0.2, -0.15) is 13.2 Å². The summed E-state index contributed by atoms with van der Waals surface area (Å²) in [6, 6.07) is 5.56. The molecule has 0 aliphatic carbocycles. The Hall–Kier alpha value is -2.05. The third-order valence-electron chi connectivity index (χ3n) is 2.30. The molecular weight excluding hydrogens is 261 g/mol. The maximum absolute atomic E-state index is 12.4. The fourth-order valence-corrected chi connectivity index (χ4v) is 1.52. The molecule has 0 spiro atoms. The molecule has 0 heterocycles. The highest BCUT2D eigenvalue weighted by molar-refractivity contribution is 5.97. The number of hydrogen-bond donors (Lipinski definition) is 1. The van der Waals surface area contributed by atoms with Crippen molar-refractivity contribution in [2.45, 2.75) is 20.0 Å². The fraction of sp³-hybridized carbons (Fsp3) is 0.333. The first-order chi connectivity index (χ1) is 8.75. The third kappa shape index (κ3) is 3.97. The average Bonchev–Trinajstić information content (AvgIpc) is 2.30. The maximum Gasteiger partial charge on any atom is 0.471 e. The summed E-state index contributed by atoms with van der Waals surface area (Å²) in [5.41, 5.74) is 0.575. The van der Waals surface area contributed by atoms with Gasteiger partial charge in [-0.3, -0.25) is 9.59 Å². The topological polar surface area (TPSA) is 49.4 Å². The SMILES string of the molecule is CCN(C(=O)C(F)(F)F)c1ccc(NC(C)=O)cc1. The van der Waals surface area contributed by atoms with Gasteiger partial charge in [-0.1, -0.05) is 0 Å². The summed E-state index contributed by atoms with van der Waals surface area (Å²) in [6.07, 6.45) is -4.91. The first-order valence-corrected chi connectivity index (χ1v) is 5.52. The zero-order chi connectivity index (χ0) is 14.6. The molecule has 2 amide bonds. The molecule has 0 aromatic heterocycles. The summed E-state index contributed by atoms with van der Waals surface area (Å²) in [7, 11) is 0. The van der Waals surface area contributed by atoms with Crippen LogP contribution in [0.2, 0.25) is 0 Å². The van der Waals surface area contributed by atoms with Crippen molar-refractivity contribution < 1.29 is 22.8 Å². The fourth-order valence-electron chi connectivity index (χ4n) is 1.52. The molecule has 1 rings (SSSR count). The highest BCUT2D eigenvalue weighted by Gasteiger charge is 2.42. The van der Waals surface area contributed by atoms with Gasteiger partial charge in [0.15, 0.2) is 0 Å². The van der Waals surface area contributed by atoms with Crippen LogP contribution in [0.4, 0.5) is 24.5 Å². The summed E-state index contributed by atoms with van der Waals surface area (Å²) >= 11 is 0. The Labute approximate surface area is 108 Å². The number of alkyl halides is 3. The highest BCUT2D eigenvalue weighted by atomic mass is 19.4. The normalized spacial score (nSPS) is 11.0. The minimum atomic E-state index is -4.91. The number of carbonyl (C=O) groups excluding carboxylic acids is 2. The van der Waals surface area contributed by atoms with Gasteiger partial charge in [0.05, 0.1) is 0 Å². The summed E-state index contributed by atoms with van der Waals surface area (Å²) in [6.45, 7) is 2.67. The van der Waals surface area contributed by atoms with E-state index in [1.54, 1.807) is 0 Å². The first kappa shape index (κ1) is 15.0. The Bertz CT molecular complexity index is 469. The van der Waals surface area contributed by atoms with Crippen LogP contribution in [0.5, 0.6) is 0 Å². The van der Waals surface area contributed by atoms with Crippen LogP contribution in [0.15, 0.2) is 24.3 Å². The van der Waals surface area contributed by atoms with E-state index in [1.807, 2.05) is 0 Å². The summed E-state index contributed by atoms with van der Waals surface area (Å²) in [4.78, 5) is 22.6. The molecule has 1 aromatic rings. The standard InChI is InChI=1S/C12H13F3N2O2/c1-3-17(11(19)12(13,14)15)10-6-4-9(5-7-10)16-8(2)18/h4-7H,3H2,1-2H3,(H,16,18). The molecule has 1 aromatic carbocycles. The number of rotatable bonds is 3. The summed E-state index contributed by atoms with van der Waals surface area (Å²) < 4.78 is 37.1. The zero-order valence-corrected chi connectivity index (χ0v) is 10.4. The molecule has 0 bridgehead atoms. The number of carbonyl (C=O) groups is 2. The van der Waals surface area contributed by atoms with Crippen molar-refractivity contribution >= 4 is 23.2 Å². The molecule has 0 saturated carbocycles. The van der Waals surface area contributed by atoms with Crippen molar-refractivity contribution in [2.24, 2.45) is 0 Å². The Kier molecular flexibility index (Phi) is 4.52. The van der Waals surface area contributed by atoms with E-state index in [9.17, 15) is 22.8 Å². The molecule has 1 N–H and O–H groups in total. The number of hydrogen-bond acceptors (Lipinski definition) is 2. The molecule has 0 aliphatic heterocycles. The minimum Gasteiger partial charge on any atom is -0.326 e. The molecule has 0 radical (unpaired) electrons. The molecule has 0 fully saturated rings. The second kappa shape index (κ2) is 5.73. The largest absolute Gasteiger partial charge is 0.471 e. The number of nitrogens with zero attached hydrogens (tertiary/aromatic N) is 1. The lowest BCUT2D eigenvalue weighted by Gasteiger charge is -2.22. The van der Waals surface area contributed by atoms with Crippen molar-refractivity contribution in [3.8, 4) is 0 Å². The van der Waals surface area contributed by atoms with Crippen LogP contribution < -0.4 is 10.2 Å². The van der Waals surface area contributed by atoms with E-state index in [0.717, 1.165) is 0 Å². The predicted octanol–water partition coefficient (Wildman–Crippen LogP) is 2.56. The average molecular weight is 274 g/mol. The van der Waals surface area contributed by atoms with E-state index < -0.39 is 12.1 Å². The van der Waals surface area contributed by atoms with E-state index in [2.05, 4.69) is 5.32 Å². The van der Waals surface area contributed by atoms with Crippen LogP contribution in [-0.4, -0.2) is 24.5 Å². The third-order valence-corrected chi connectivity index (χ3v) is 2.30. The van der Waals surface area contributed by atoms with Crippen LogP contribution in [0, 0.1) is 0 Å². The smallest absolute Gasteiger partial charge is 0.326 e. The molecule has 0 unspecified atom stereocenters. The molecule has 0 aliphatic rings. The van der Waals surface area contributed by atoms with Gasteiger partial charge in [0.25, 0.3) is 0 Å². The van der Waals surface area contributed by atoms with Gasteiger partial charge in [-0.25, -0.2) is 0 Å². The van der Waals surface area contributed by atoms with Gasteiger partial charge in [-0.15, -0.1) is 0 Å². The van der Waals surface area contributed by atoms with Crippen molar-refractivity contribution in [3.63, 3.8) is 0 Å². The van der Waals surface area contributed by atoms with Crippen molar-refractivity contribution in [1.82, 2.24) is 0 Å². The van der Waals surface area contributed by atoms with E-state index in [-0.39, 0.29) is 18.1 Å². The number of amides is 2. The zero-order valence-electron chi connectivity index (χ0n) is 10.4. The van der Waals surface area contributed by atoms with Gasteiger partial charge in [0, 0.05) is 24.8 Å². The number of halogens is 3. The lowest BCUT2D eigenvalue weighted by atomic mass is 10.2. The van der Waals surface area contributed by atoms with E-state index in [1.165, 1.54) is 38.1 Å². The lowest BCUT2D eigenvalue weighted by molar-refractivity contribution is -0.170. The monoisotopic (exact) mass is 274 g/mol. The molecule has 7 heteroatoms. The number of nitrogens with one attached hydrogen (secondary N) is 1. The van der Waals surface area contributed by atoms with Crippen LogP contribution in [0.3, 0.4) is 0 Å². The summed E-state index contributed by atoms with van der Waals surface area (Å²) in [5.74, 6) is -2.20. The van der Waals surface area contributed by atoms with Gasteiger partial charge < -0.3 is 10.2 Å². The highest BCUT2D eigenvalue weighted by Crippen LogP contribution is 2.24. The molecular formula is C12H13F3N2O2.